The molecule has 0 amide bonds. The van der Waals surface area contributed by atoms with Gasteiger partial charge in [0.25, 0.3) is 0 Å². The highest BCUT2D eigenvalue weighted by Gasteiger charge is 2.36. The predicted molar refractivity (Wildman–Crippen MR) is 71.0 cm³/mol. The van der Waals surface area contributed by atoms with Gasteiger partial charge in [0.1, 0.15) is 4.90 Å². The maximum atomic E-state index is 12.4. The Morgan fingerprint density at radius 1 is 1.37 bits per heavy atom. The van der Waals surface area contributed by atoms with Crippen molar-refractivity contribution in [1.82, 2.24) is 4.31 Å². The average Bonchev–Trinajstić information content (AvgIpc) is 2.82. The maximum absolute atomic E-state index is 12.4. The van der Waals surface area contributed by atoms with Gasteiger partial charge in [-0.3, -0.25) is 4.79 Å². The van der Waals surface area contributed by atoms with Gasteiger partial charge in [0.05, 0.1) is 16.0 Å². The van der Waals surface area contributed by atoms with E-state index in [2.05, 4.69) is 0 Å². The molecule has 1 aliphatic rings. The first-order valence-electron chi connectivity index (χ1n) is 5.51. The zero-order valence-corrected chi connectivity index (χ0v) is 12.0. The first-order chi connectivity index (χ1) is 8.84. The summed E-state index contributed by atoms with van der Waals surface area (Å²) in [6.45, 7) is 0.128. The summed E-state index contributed by atoms with van der Waals surface area (Å²) in [5.74, 6) is -1.66. The van der Waals surface area contributed by atoms with Crippen molar-refractivity contribution in [3.8, 4) is 0 Å². The Kier molecular flexibility index (Phi) is 4.06. The number of carbonyl (C=O) groups is 1. The molecule has 104 valence electrons. The fraction of sp³-hybridized carbons (Fsp3) is 0.364. The van der Waals surface area contributed by atoms with Crippen LogP contribution in [0.4, 0.5) is 0 Å². The third-order valence-corrected chi connectivity index (χ3v) is 5.87. The van der Waals surface area contributed by atoms with Crippen molar-refractivity contribution in [3.05, 3.63) is 28.2 Å². The summed E-state index contributed by atoms with van der Waals surface area (Å²) < 4.78 is 25.9. The lowest BCUT2D eigenvalue weighted by Gasteiger charge is -2.17. The van der Waals surface area contributed by atoms with Gasteiger partial charge in [-0.05, 0) is 18.6 Å². The first kappa shape index (κ1) is 14.6. The van der Waals surface area contributed by atoms with Crippen LogP contribution < -0.4 is 0 Å². The molecule has 0 unspecified atom stereocenters. The quantitative estimate of drug-likeness (QED) is 0.924. The van der Waals surface area contributed by atoms with Crippen molar-refractivity contribution in [2.24, 2.45) is 5.92 Å². The second-order valence-electron chi connectivity index (χ2n) is 4.24. The summed E-state index contributed by atoms with van der Waals surface area (Å²) in [4.78, 5) is 10.8. The van der Waals surface area contributed by atoms with Gasteiger partial charge in [-0.1, -0.05) is 29.3 Å². The van der Waals surface area contributed by atoms with Crippen LogP contribution in [0.15, 0.2) is 23.1 Å². The zero-order chi connectivity index (χ0) is 14.2. The number of aliphatic carboxylic acids is 1. The molecule has 8 heteroatoms. The Hall–Kier alpha value is -0.820. The van der Waals surface area contributed by atoms with Gasteiger partial charge in [-0.15, -0.1) is 0 Å². The van der Waals surface area contributed by atoms with Crippen molar-refractivity contribution in [2.45, 2.75) is 11.3 Å². The summed E-state index contributed by atoms with van der Waals surface area (Å²) in [6, 6.07) is 4.34. The summed E-state index contributed by atoms with van der Waals surface area (Å²) in [7, 11) is -3.80. The fourth-order valence-corrected chi connectivity index (χ4v) is 4.21. The number of halogens is 2. The minimum absolute atomic E-state index is 0.0389. The monoisotopic (exact) mass is 323 g/mol. The van der Waals surface area contributed by atoms with Gasteiger partial charge in [0.15, 0.2) is 0 Å². The number of hydrogen-bond donors (Lipinski definition) is 1. The van der Waals surface area contributed by atoms with Crippen molar-refractivity contribution in [2.75, 3.05) is 13.1 Å². The molecule has 1 aromatic rings. The van der Waals surface area contributed by atoms with E-state index >= 15 is 0 Å². The van der Waals surface area contributed by atoms with Gasteiger partial charge in [0, 0.05) is 13.1 Å². The standard InChI is InChI=1S/C11H11Cl2NO4S/c12-8-2-1-3-9(10(8)13)19(17,18)14-5-4-7(6-14)11(15)16/h1-3,7H,4-6H2,(H,15,16)/t7-/m1/s1. The molecule has 1 fully saturated rings. The fourth-order valence-electron chi connectivity index (χ4n) is 1.97. The number of hydrogen-bond acceptors (Lipinski definition) is 3. The lowest BCUT2D eigenvalue weighted by atomic mass is 10.1. The highest BCUT2D eigenvalue weighted by atomic mass is 35.5. The van der Waals surface area contributed by atoms with Gasteiger partial charge in [0.2, 0.25) is 10.0 Å². The van der Waals surface area contributed by atoms with Gasteiger partial charge < -0.3 is 5.11 Å². The summed E-state index contributed by atoms with van der Waals surface area (Å²) >= 11 is 11.7. The Labute approximate surface area is 120 Å². The Balaban J connectivity index is 2.34. The highest BCUT2D eigenvalue weighted by Crippen LogP contribution is 2.32. The first-order valence-corrected chi connectivity index (χ1v) is 7.70. The molecule has 1 aromatic carbocycles. The molecule has 0 saturated carbocycles. The van der Waals surface area contributed by atoms with Crippen LogP contribution in [0.3, 0.4) is 0 Å². The van der Waals surface area contributed by atoms with E-state index in [0.29, 0.717) is 6.42 Å². The Bertz CT molecular complexity index is 617. The number of nitrogens with zero attached hydrogens (tertiary/aromatic N) is 1. The lowest BCUT2D eigenvalue weighted by molar-refractivity contribution is -0.141. The third kappa shape index (κ3) is 2.72. The second-order valence-corrected chi connectivity index (χ2v) is 6.93. The van der Waals surface area contributed by atoms with E-state index in [-0.39, 0.29) is 28.0 Å². The van der Waals surface area contributed by atoms with Crippen molar-refractivity contribution < 1.29 is 18.3 Å². The molecule has 0 aliphatic carbocycles. The molecule has 1 atom stereocenters. The normalized spacial score (nSPS) is 20.6. The van der Waals surface area contributed by atoms with Crippen LogP contribution in [0, 0.1) is 5.92 Å². The molecule has 0 radical (unpaired) electrons. The second kappa shape index (κ2) is 5.28. The van der Waals surface area contributed by atoms with Crippen LogP contribution in [0.5, 0.6) is 0 Å². The molecule has 5 nitrogen and oxygen atoms in total. The van der Waals surface area contributed by atoms with Gasteiger partial charge in [-0.25, -0.2) is 8.42 Å². The lowest BCUT2D eigenvalue weighted by Crippen LogP contribution is -2.30. The van der Waals surface area contributed by atoms with E-state index in [1.807, 2.05) is 0 Å². The summed E-state index contributed by atoms with van der Waals surface area (Å²) in [5.41, 5.74) is 0. The SMILES string of the molecule is O=C(O)[C@@H]1CCN(S(=O)(=O)c2cccc(Cl)c2Cl)C1. The molecular formula is C11H11Cl2NO4S. The molecule has 0 spiro atoms. The van der Waals surface area contributed by atoms with E-state index < -0.39 is 21.9 Å². The molecule has 1 saturated heterocycles. The molecule has 19 heavy (non-hydrogen) atoms. The minimum atomic E-state index is -3.80. The van der Waals surface area contributed by atoms with Crippen LogP contribution in [0.2, 0.25) is 10.0 Å². The number of carboxylic acid groups (broad SMARTS) is 1. The molecule has 1 aliphatic heterocycles. The van der Waals surface area contributed by atoms with Crippen molar-refractivity contribution >= 4 is 39.2 Å². The smallest absolute Gasteiger partial charge is 0.307 e. The zero-order valence-electron chi connectivity index (χ0n) is 9.71. The van der Waals surface area contributed by atoms with Crippen LogP contribution in [-0.4, -0.2) is 36.9 Å². The predicted octanol–water partition coefficient (Wildman–Crippen LogP) is 2.09. The third-order valence-electron chi connectivity index (χ3n) is 3.03. The molecular weight excluding hydrogens is 313 g/mol. The van der Waals surface area contributed by atoms with Crippen LogP contribution in [0.1, 0.15) is 6.42 Å². The van der Waals surface area contributed by atoms with Crippen LogP contribution in [-0.2, 0) is 14.8 Å². The Morgan fingerprint density at radius 3 is 2.63 bits per heavy atom. The summed E-state index contributed by atoms with van der Waals surface area (Å²) in [5, 5.41) is 9.01. The number of sulfonamides is 1. The van der Waals surface area contributed by atoms with E-state index in [9.17, 15) is 13.2 Å². The number of rotatable bonds is 3. The maximum Gasteiger partial charge on any atom is 0.307 e. The van der Waals surface area contributed by atoms with E-state index in [0.717, 1.165) is 4.31 Å². The van der Waals surface area contributed by atoms with E-state index in [1.54, 1.807) is 0 Å². The number of carboxylic acids is 1. The largest absolute Gasteiger partial charge is 0.481 e. The van der Waals surface area contributed by atoms with E-state index in [1.165, 1.54) is 18.2 Å². The Morgan fingerprint density at radius 2 is 2.05 bits per heavy atom. The topological polar surface area (TPSA) is 74.7 Å². The van der Waals surface area contributed by atoms with Crippen LogP contribution in [0.25, 0.3) is 0 Å². The molecule has 1 N–H and O–H groups in total. The summed E-state index contributed by atoms with van der Waals surface area (Å²) in [6.07, 6.45) is 0.298. The van der Waals surface area contributed by atoms with Gasteiger partial charge >= 0.3 is 5.97 Å². The van der Waals surface area contributed by atoms with Crippen molar-refractivity contribution in [1.29, 1.82) is 0 Å². The average molecular weight is 324 g/mol. The van der Waals surface area contributed by atoms with E-state index in [4.69, 9.17) is 28.3 Å². The highest BCUT2D eigenvalue weighted by molar-refractivity contribution is 7.89. The van der Waals surface area contributed by atoms with Crippen molar-refractivity contribution in [3.63, 3.8) is 0 Å². The molecule has 1 heterocycles. The van der Waals surface area contributed by atoms with Crippen LogP contribution >= 0.6 is 23.2 Å². The molecule has 2 rings (SSSR count). The van der Waals surface area contributed by atoms with Gasteiger partial charge in [-0.2, -0.15) is 4.31 Å². The minimum Gasteiger partial charge on any atom is -0.481 e. The number of benzene rings is 1. The molecule has 0 aromatic heterocycles. The molecule has 0 bridgehead atoms.